The molecule has 2 aromatic carbocycles. The van der Waals surface area contributed by atoms with Crippen molar-refractivity contribution in [1.82, 2.24) is 14.8 Å². The van der Waals surface area contributed by atoms with Crippen molar-refractivity contribution < 1.29 is 14.6 Å². The molecule has 124 valence electrons. The van der Waals surface area contributed by atoms with Crippen LogP contribution in [0.4, 0.5) is 0 Å². The topological polar surface area (TPSA) is 69.4 Å². The number of aromatic nitrogens is 3. The lowest BCUT2D eigenvalue weighted by Crippen LogP contribution is -2.23. The van der Waals surface area contributed by atoms with Crippen molar-refractivity contribution in [2.24, 2.45) is 0 Å². The maximum atomic E-state index is 9.92. The molecule has 1 heterocycles. The molecule has 0 amide bonds. The fourth-order valence-electron chi connectivity index (χ4n) is 2.16. The number of hydrogen-bond acceptors (Lipinski definition) is 5. The van der Waals surface area contributed by atoms with Crippen molar-refractivity contribution in [3.63, 3.8) is 0 Å². The number of aliphatic hydroxyl groups is 1. The highest BCUT2D eigenvalue weighted by molar-refractivity contribution is 5.36. The number of aliphatic hydroxyl groups excluding tert-OH is 1. The lowest BCUT2D eigenvalue weighted by molar-refractivity contribution is 0.00549. The molecule has 1 aromatic heterocycles. The number of rotatable bonds is 8. The molecular formula is C18H19N3O3. The summed E-state index contributed by atoms with van der Waals surface area (Å²) in [5, 5.41) is 14.0. The van der Waals surface area contributed by atoms with Gasteiger partial charge in [0, 0.05) is 0 Å². The molecule has 6 nitrogen and oxygen atoms in total. The highest BCUT2D eigenvalue weighted by Gasteiger charge is 2.06. The van der Waals surface area contributed by atoms with Crippen LogP contribution in [0.15, 0.2) is 67.3 Å². The van der Waals surface area contributed by atoms with Gasteiger partial charge in [-0.25, -0.2) is 9.67 Å². The average molecular weight is 325 g/mol. The largest absolute Gasteiger partial charge is 0.491 e. The Balaban J connectivity index is 1.40. The summed E-state index contributed by atoms with van der Waals surface area (Å²) in [6.07, 6.45) is 2.43. The molecule has 0 fully saturated rings. The van der Waals surface area contributed by atoms with Crippen LogP contribution >= 0.6 is 0 Å². The van der Waals surface area contributed by atoms with Crippen molar-refractivity contribution in [2.45, 2.75) is 12.7 Å². The molecule has 6 heteroatoms. The minimum atomic E-state index is -0.677. The van der Waals surface area contributed by atoms with Crippen molar-refractivity contribution in [2.75, 3.05) is 13.2 Å². The lowest BCUT2D eigenvalue weighted by Gasteiger charge is -2.13. The van der Waals surface area contributed by atoms with Crippen molar-refractivity contribution in [1.29, 1.82) is 0 Å². The first-order valence-electron chi connectivity index (χ1n) is 7.69. The molecule has 1 unspecified atom stereocenters. The smallest absolute Gasteiger partial charge is 0.138 e. The van der Waals surface area contributed by atoms with Gasteiger partial charge in [-0.3, -0.25) is 0 Å². The predicted octanol–water partition coefficient (Wildman–Crippen LogP) is 2.22. The number of nitrogens with zero attached hydrogens (tertiary/aromatic N) is 3. The van der Waals surface area contributed by atoms with Gasteiger partial charge in [-0.2, -0.15) is 5.10 Å². The Hall–Kier alpha value is -2.70. The molecule has 1 atom stereocenters. The second-order valence-corrected chi connectivity index (χ2v) is 5.30. The molecule has 3 rings (SSSR count). The van der Waals surface area contributed by atoms with Crippen LogP contribution in [0.2, 0.25) is 0 Å². The van der Waals surface area contributed by atoms with Crippen LogP contribution < -0.4 is 4.74 Å². The van der Waals surface area contributed by atoms with Gasteiger partial charge in [-0.05, 0) is 29.8 Å². The van der Waals surface area contributed by atoms with Gasteiger partial charge < -0.3 is 14.6 Å². The van der Waals surface area contributed by atoms with Crippen LogP contribution in [0.5, 0.6) is 5.75 Å². The third kappa shape index (κ3) is 4.65. The van der Waals surface area contributed by atoms with E-state index in [1.54, 1.807) is 11.0 Å². The van der Waals surface area contributed by atoms with E-state index in [-0.39, 0.29) is 13.2 Å². The van der Waals surface area contributed by atoms with Crippen molar-refractivity contribution in [3.05, 3.63) is 72.8 Å². The second kappa shape index (κ2) is 8.24. The van der Waals surface area contributed by atoms with E-state index in [0.717, 1.165) is 11.3 Å². The number of ether oxygens (including phenoxy) is 2. The molecule has 0 spiro atoms. The summed E-state index contributed by atoms with van der Waals surface area (Å²) >= 11 is 0. The molecular weight excluding hydrogens is 306 g/mol. The Labute approximate surface area is 140 Å². The Bertz CT molecular complexity index is 715. The van der Waals surface area contributed by atoms with E-state index in [2.05, 4.69) is 10.1 Å². The van der Waals surface area contributed by atoms with Crippen LogP contribution in [0, 0.1) is 0 Å². The van der Waals surface area contributed by atoms with E-state index >= 15 is 0 Å². The quantitative estimate of drug-likeness (QED) is 0.688. The molecule has 24 heavy (non-hydrogen) atoms. The first-order valence-corrected chi connectivity index (χ1v) is 7.69. The third-order valence-corrected chi connectivity index (χ3v) is 3.38. The van der Waals surface area contributed by atoms with Crippen molar-refractivity contribution in [3.8, 4) is 11.4 Å². The minimum absolute atomic E-state index is 0.178. The van der Waals surface area contributed by atoms with E-state index < -0.39 is 6.10 Å². The standard InChI is InChI=1S/C18H19N3O3/c22-17(11-23-10-15-4-2-1-3-5-15)12-24-18-8-6-16(7-9-18)21-14-19-13-20-21/h1-9,13-14,17,22H,10-12H2. The summed E-state index contributed by atoms with van der Waals surface area (Å²) in [4.78, 5) is 3.90. The molecule has 0 aliphatic heterocycles. The van der Waals surface area contributed by atoms with Gasteiger partial charge in [0.05, 0.1) is 18.9 Å². The molecule has 0 aliphatic carbocycles. The fourth-order valence-corrected chi connectivity index (χ4v) is 2.16. The first kappa shape index (κ1) is 16.2. The normalized spacial score (nSPS) is 12.0. The molecule has 0 saturated carbocycles. The second-order valence-electron chi connectivity index (χ2n) is 5.30. The highest BCUT2D eigenvalue weighted by Crippen LogP contribution is 2.14. The maximum Gasteiger partial charge on any atom is 0.138 e. The van der Waals surface area contributed by atoms with Gasteiger partial charge >= 0.3 is 0 Å². The number of benzene rings is 2. The van der Waals surface area contributed by atoms with Gasteiger partial charge in [0.15, 0.2) is 0 Å². The molecule has 0 saturated heterocycles. The minimum Gasteiger partial charge on any atom is -0.491 e. The maximum absolute atomic E-state index is 9.92. The van der Waals surface area contributed by atoms with Crippen LogP contribution in [-0.4, -0.2) is 39.2 Å². The van der Waals surface area contributed by atoms with E-state index in [0.29, 0.717) is 12.4 Å². The van der Waals surface area contributed by atoms with E-state index in [1.165, 1.54) is 6.33 Å². The Morgan fingerprint density at radius 2 is 1.79 bits per heavy atom. The fraction of sp³-hybridized carbons (Fsp3) is 0.222. The summed E-state index contributed by atoms with van der Waals surface area (Å²) in [7, 11) is 0. The Morgan fingerprint density at radius 1 is 1.00 bits per heavy atom. The molecule has 1 N–H and O–H groups in total. The van der Waals surface area contributed by atoms with E-state index in [1.807, 2.05) is 54.6 Å². The van der Waals surface area contributed by atoms with Crippen molar-refractivity contribution >= 4 is 0 Å². The van der Waals surface area contributed by atoms with Gasteiger partial charge in [0.1, 0.15) is 31.1 Å². The van der Waals surface area contributed by atoms with Gasteiger partial charge in [-0.15, -0.1) is 0 Å². The van der Waals surface area contributed by atoms with E-state index in [4.69, 9.17) is 9.47 Å². The zero-order valence-electron chi connectivity index (χ0n) is 13.2. The molecule has 0 aliphatic rings. The third-order valence-electron chi connectivity index (χ3n) is 3.38. The molecule has 0 radical (unpaired) electrons. The molecule has 3 aromatic rings. The highest BCUT2D eigenvalue weighted by atomic mass is 16.5. The first-order chi connectivity index (χ1) is 11.8. The Morgan fingerprint density at radius 3 is 2.50 bits per heavy atom. The van der Waals surface area contributed by atoms with Gasteiger partial charge in [-0.1, -0.05) is 30.3 Å². The molecule has 0 bridgehead atoms. The summed E-state index contributed by atoms with van der Waals surface area (Å²) in [5.74, 6) is 0.681. The van der Waals surface area contributed by atoms with E-state index in [9.17, 15) is 5.11 Å². The monoisotopic (exact) mass is 325 g/mol. The van der Waals surface area contributed by atoms with Crippen LogP contribution in [-0.2, 0) is 11.3 Å². The van der Waals surface area contributed by atoms with Crippen LogP contribution in [0.25, 0.3) is 5.69 Å². The average Bonchev–Trinajstić information content (AvgIpc) is 3.16. The Kier molecular flexibility index (Phi) is 5.55. The van der Waals surface area contributed by atoms with Crippen LogP contribution in [0.3, 0.4) is 0 Å². The zero-order valence-corrected chi connectivity index (χ0v) is 13.2. The lowest BCUT2D eigenvalue weighted by atomic mass is 10.2. The summed E-state index contributed by atoms with van der Waals surface area (Å²) < 4.78 is 12.7. The SMILES string of the molecule is OC(COCc1ccccc1)COc1ccc(-n2cncn2)cc1. The zero-order chi connectivity index (χ0) is 16.6. The summed E-state index contributed by atoms with van der Waals surface area (Å²) in [5.41, 5.74) is 1.97. The summed E-state index contributed by atoms with van der Waals surface area (Å²) in [6, 6.07) is 17.3. The van der Waals surface area contributed by atoms with Gasteiger partial charge in [0.25, 0.3) is 0 Å². The van der Waals surface area contributed by atoms with Crippen LogP contribution in [0.1, 0.15) is 5.56 Å². The van der Waals surface area contributed by atoms with Gasteiger partial charge in [0.2, 0.25) is 0 Å². The summed E-state index contributed by atoms with van der Waals surface area (Å²) in [6.45, 7) is 0.883. The number of hydrogen-bond donors (Lipinski definition) is 1. The predicted molar refractivity (Wildman–Crippen MR) is 89.0 cm³/mol.